The molecule has 0 heterocycles. The molecule has 1 atom stereocenters. The minimum Gasteiger partial charge on any atom is -0.466 e. The van der Waals surface area contributed by atoms with Crippen molar-refractivity contribution >= 4 is 5.97 Å². The molecular weight excluding hydrogens is 230 g/mol. The van der Waals surface area contributed by atoms with Crippen molar-refractivity contribution in [1.82, 2.24) is 5.32 Å². The van der Waals surface area contributed by atoms with Crippen LogP contribution in [0.5, 0.6) is 0 Å². The van der Waals surface area contributed by atoms with Gasteiger partial charge >= 0.3 is 5.97 Å². The minimum absolute atomic E-state index is 0.0154. The number of carbonyl (C=O) groups is 1. The topological polar surface area (TPSA) is 47.6 Å². The number of hydrogen-bond acceptors (Lipinski definition) is 4. The molecule has 1 unspecified atom stereocenters. The molecule has 4 nitrogen and oxygen atoms in total. The summed E-state index contributed by atoms with van der Waals surface area (Å²) in [5, 5.41) is 3.57. The molecule has 4 heteroatoms. The molecule has 106 valence electrons. The van der Waals surface area contributed by atoms with E-state index in [1.54, 1.807) is 0 Å². The first-order chi connectivity index (χ1) is 8.67. The summed E-state index contributed by atoms with van der Waals surface area (Å²) in [5.74, 6) is 0.100. The Hall–Kier alpha value is -0.610. The molecule has 1 fully saturated rings. The zero-order valence-corrected chi connectivity index (χ0v) is 11.9. The van der Waals surface area contributed by atoms with E-state index in [0.717, 1.165) is 38.9 Å². The maximum absolute atomic E-state index is 11.6. The van der Waals surface area contributed by atoms with E-state index < -0.39 is 0 Å². The van der Waals surface area contributed by atoms with E-state index in [1.807, 2.05) is 13.8 Å². The molecule has 1 aliphatic carbocycles. The first-order valence-corrected chi connectivity index (χ1v) is 7.17. The summed E-state index contributed by atoms with van der Waals surface area (Å²) >= 11 is 0. The second-order valence-corrected chi connectivity index (χ2v) is 5.03. The van der Waals surface area contributed by atoms with Crippen molar-refractivity contribution in [2.24, 2.45) is 5.92 Å². The Balaban J connectivity index is 2.20. The molecule has 18 heavy (non-hydrogen) atoms. The van der Waals surface area contributed by atoms with Gasteiger partial charge in [-0.25, -0.2) is 0 Å². The van der Waals surface area contributed by atoms with E-state index in [9.17, 15) is 4.79 Å². The molecule has 1 saturated carbocycles. The van der Waals surface area contributed by atoms with Crippen LogP contribution in [-0.4, -0.2) is 37.9 Å². The highest BCUT2D eigenvalue weighted by molar-refractivity contribution is 5.72. The molecule has 0 aliphatic heterocycles. The normalized spacial score (nSPS) is 25.7. The Morgan fingerprint density at radius 2 is 1.89 bits per heavy atom. The first-order valence-electron chi connectivity index (χ1n) is 7.17. The fourth-order valence-electron chi connectivity index (χ4n) is 2.50. The van der Waals surface area contributed by atoms with Crippen LogP contribution in [0.3, 0.4) is 0 Å². The van der Waals surface area contributed by atoms with Crippen LogP contribution in [0, 0.1) is 5.92 Å². The lowest BCUT2D eigenvalue weighted by molar-refractivity contribution is -0.149. The third-order valence-corrected chi connectivity index (χ3v) is 3.44. The fraction of sp³-hybridized carbons (Fsp3) is 0.929. The highest BCUT2D eigenvalue weighted by Gasteiger charge is 2.27. The van der Waals surface area contributed by atoms with Crippen LogP contribution in [0.25, 0.3) is 0 Å². The summed E-state index contributed by atoms with van der Waals surface area (Å²) < 4.78 is 10.5. The van der Waals surface area contributed by atoms with E-state index in [0.29, 0.717) is 18.7 Å². The number of nitrogens with one attached hydrogen (secondary N) is 1. The minimum atomic E-state index is -0.0154. The summed E-state index contributed by atoms with van der Waals surface area (Å²) in [5.41, 5.74) is 0. The average molecular weight is 257 g/mol. The van der Waals surface area contributed by atoms with Gasteiger partial charge in [-0.15, -0.1) is 0 Å². The highest BCUT2D eigenvalue weighted by Crippen LogP contribution is 2.25. The van der Waals surface area contributed by atoms with Gasteiger partial charge in [0.25, 0.3) is 0 Å². The summed E-state index contributed by atoms with van der Waals surface area (Å²) in [7, 11) is 0. The fourth-order valence-corrected chi connectivity index (χ4v) is 2.50. The van der Waals surface area contributed by atoms with E-state index in [-0.39, 0.29) is 11.9 Å². The van der Waals surface area contributed by atoms with Crippen molar-refractivity contribution in [3.8, 4) is 0 Å². The quantitative estimate of drug-likeness (QED) is 0.710. The van der Waals surface area contributed by atoms with Gasteiger partial charge in [0.05, 0.1) is 19.1 Å². The molecular formula is C14H27NO3. The molecule has 0 bridgehead atoms. The van der Waals surface area contributed by atoms with Crippen LogP contribution in [0.2, 0.25) is 0 Å². The van der Waals surface area contributed by atoms with E-state index in [4.69, 9.17) is 9.47 Å². The van der Waals surface area contributed by atoms with Crippen LogP contribution in [-0.2, 0) is 14.3 Å². The van der Waals surface area contributed by atoms with Crippen molar-refractivity contribution in [2.75, 3.05) is 19.8 Å². The second-order valence-electron chi connectivity index (χ2n) is 5.03. The molecule has 0 aromatic carbocycles. The Kier molecular flexibility index (Phi) is 7.28. The molecule has 0 spiro atoms. The third-order valence-electron chi connectivity index (χ3n) is 3.44. The maximum atomic E-state index is 11.6. The number of esters is 1. The van der Waals surface area contributed by atoms with Crippen molar-refractivity contribution in [1.29, 1.82) is 0 Å². The van der Waals surface area contributed by atoms with Gasteiger partial charge in [0.1, 0.15) is 0 Å². The van der Waals surface area contributed by atoms with E-state index >= 15 is 0 Å². The number of carbonyl (C=O) groups excluding carboxylic acids is 1. The van der Waals surface area contributed by atoms with Crippen molar-refractivity contribution < 1.29 is 14.3 Å². The third kappa shape index (κ3) is 5.36. The molecule has 0 saturated heterocycles. The SMILES string of the molecule is CCOCC(C)NC1CCC(C(=O)OCC)CC1. The Morgan fingerprint density at radius 3 is 2.44 bits per heavy atom. The van der Waals surface area contributed by atoms with Gasteiger partial charge in [-0.2, -0.15) is 0 Å². The first kappa shape index (κ1) is 15.4. The Bertz CT molecular complexity index is 237. The van der Waals surface area contributed by atoms with Crippen molar-refractivity contribution in [3.05, 3.63) is 0 Å². The van der Waals surface area contributed by atoms with Crippen molar-refractivity contribution in [3.63, 3.8) is 0 Å². The van der Waals surface area contributed by atoms with Crippen LogP contribution in [0.1, 0.15) is 46.5 Å². The van der Waals surface area contributed by atoms with Crippen LogP contribution >= 0.6 is 0 Å². The van der Waals surface area contributed by atoms with Crippen molar-refractivity contribution in [2.45, 2.75) is 58.5 Å². The largest absolute Gasteiger partial charge is 0.466 e. The van der Waals surface area contributed by atoms with Crippen LogP contribution in [0.4, 0.5) is 0 Å². The molecule has 1 aliphatic rings. The lowest BCUT2D eigenvalue weighted by atomic mass is 9.86. The van der Waals surface area contributed by atoms with E-state index in [1.165, 1.54) is 0 Å². The predicted molar refractivity (Wildman–Crippen MR) is 71.5 cm³/mol. The van der Waals surface area contributed by atoms with Gasteiger partial charge in [-0.3, -0.25) is 4.79 Å². The lowest BCUT2D eigenvalue weighted by Crippen LogP contribution is -2.42. The molecule has 0 amide bonds. The van der Waals surface area contributed by atoms with Gasteiger partial charge in [0.2, 0.25) is 0 Å². The highest BCUT2D eigenvalue weighted by atomic mass is 16.5. The van der Waals surface area contributed by atoms with Gasteiger partial charge in [-0.1, -0.05) is 0 Å². The van der Waals surface area contributed by atoms with E-state index in [2.05, 4.69) is 12.2 Å². The lowest BCUT2D eigenvalue weighted by Gasteiger charge is -2.30. The summed E-state index contributed by atoms with van der Waals surface area (Å²) in [6.45, 7) is 8.03. The zero-order valence-electron chi connectivity index (χ0n) is 11.9. The standard InChI is InChI=1S/C14H27NO3/c1-4-17-10-11(3)15-13-8-6-12(7-9-13)14(16)18-5-2/h11-13,15H,4-10H2,1-3H3. The monoisotopic (exact) mass is 257 g/mol. The van der Waals surface area contributed by atoms with Gasteiger partial charge < -0.3 is 14.8 Å². The van der Waals surface area contributed by atoms with Gasteiger partial charge in [0, 0.05) is 18.7 Å². The van der Waals surface area contributed by atoms with Gasteiger partial charge in [0.15, 0.2) is 0 Å². The second kappa shape index (κ2) is 8.48. The van der Waals surface area contributed by atoms with Gasteiger partial charge in [-0.05, 0) is 46.5 Å². The molecule has 0 aromatic rings. The Morgan fingerprint density at radius 1 is 1.22 bits per heavy atom. The predicted octanol–water partition coefficient (Wildman–Crippen LogP) is 2.12. The zero-order chi connectivity index (χ0) is 13.4. The molecule has 0 radical (unpaired) electrons. The molecule has 1 N–H and O–H groups in total. The smallest absolute Gasteiger partial charge is 0.308 e. The summed E-state index contributed by atoms with van der Waals surface area (Å²) in [4.78, 5) is 11.6. The number of ether oxygens (including phenoxy) is 2. The molecule has 0 aromatic heterocycles. The number of rotatable bonds is 7. The average Bonchev–Trinajstić information content (AvgIpc) is 2.37. The van der Waals surface area contributed by atoms with Crippen LogP contribution < -0.4 is 5.32 Å². The summed E-state index contributed by atoms with van der Waals surface area (Å²) in [6.07, 6.45) is 4.00. The maximum Gasteiger partial charge on any atom is 0.308 e. The Labute approximate surface area is 110 Å². The van der Waals surface area contributed by atoms with Crippen LogP contribution in [0.15, 0.2) is 0 Å². The molecule has 1 rings (SSSR count). The number of hydrogen-bond donors (Lipinski definition) is 1. The summed E-state index contributed by atoms with van der Waals surface area (Å²) in [6, 6.07) is 0.903.